The van der Waals surface area contributed by atoms with E-state index < -0.39 is 0 Å². The highest BCUT2D eigenvalue weighted by molar-refractivity contribution is 6.32. The van der Waals surface area contributed by atoms with Gasteiger partial charge in [0.15, 0.2) is 0 Å². The first-order valence-electron chi connectivity index (χ1n) is 7.38. The van der Waals surface area contributed by atoms with E-state index in [0.29, 0.717) is 12.0 Å². The summed E-state index contributed by atoms with van der Waals surface area (Å²) in [5.41, 5.74) is 4.94. The zero-order valence-electron chi connectivity index (χ0n) is 12.3. The Labute approximate surface area is 129 Å². The first-order valence-corrected chi connectivity index (χ1v) is 7.76. The van der Waals surface area contributed by atoms with Crippen molar-refractivity contribution in [3.05, 3.63) is 46.1 Å². The Morgan fingerprint density at radius 2 is 2.14 bits per heavy atom. The summed E-state index contributed by atoms with van der Waals surface area (Å²) >= 11 is 6.57. The third-order valence-electron chi connectivity index (χ3n) is 5.11. The van der Waals surface area contributed by atoms with Crippen LogP contribution in [0.1, 0.15) is 17.0 Å². The lowest BCUT2D eigenvalue weighted by Crippen LogP contribution is -2.44. The Hall–Kier alpha value is -1.29. The molecule has 1 aliphatic heterocycles. The molecule has 0 amide bonds. The van der Waals surface area contributed by atoms with Crippen LogP contribution in [0.15, 0.2) is 29.8 Å². The molecule has 0 saturated carbocycles. The molecule has 2 aliphatic rings. The average molecular weight is 303 g/mol. The van der Waals surface area contributed by atoms with E-state index >= 15 is 0 Å². The molecule has 0 saturated heterocycles. The number of halogens is 1. The van der Waals surface area contributed by atoms with Crippen LogP contribution in [0.5, 0.6) is 0 Å². The maximum atomic E-state index is 9.52. The summed E-state index contributed by atoms with van der Waals surface area (Å²) in [4.78, 5) is 2.35. The summed E-state index contributed by atoms with van der Waals surface area (Å²) in [5, 5.41) is 11.7. The Morgan fingerprint density at radius 3 is 2.90 bits per heavy atom. The summed E-state index contributed by atoms with van der Waals surface area (Å²) in [6.07, 6.45) is 3.24. The number of hydrogen-bond donors (Lipinski definition) is 1. The predicted octanol–water partition coefficient (Wildman–Crippen LogP) is 2.70. The molecule has 110 valence electrons. The number of aliphatic hydroxyl groups is 1. The molecule has 1 aromatic carbocycles. The fraction of sp³-hybridized carbons (Fsp3) is 0.412. The number of likely N-dealkylation sites (N-methyl/N-ethyl adjacent to an activating group) is 1. The second-order valence-electron chi connectivity index (χ2n) is 6.27. The fourth-order valence-electron chi connectivity index (χ4n) is 4.06. The van der Waals surface area contributed by atoms with Crippen LogP contribution in [0.2, 0.25) is 5.15 Å². The van der Waals surface area contributed by atoms with Crippen molar-refractivity contribution < 1.29 is 5.11 Å². The standard InChI is InChI=1S/C17H19ClN2O/c1-19-8-10(9-21)6-12-11-4-3-5-14-16(11)13(7-15(12)19)17(18)20(14)2/h3-6,12,15,21H,7-9H2,1-2H3. The van der Waals surface area contributed by atoms with Crippen molar-refractivity contribution >= 4 is 22.5 Å². The minimum Gasteiger partial charge on any atom is -0.392 e. The molecule has 0 spiro atoms. The maximum Gasteiger partial charge on any atom is 0.113 e. The molecule has 4 rings (SSSR count). The Kier molecular flexibility index (Phi) is 2.93. The van der Waals surface area contributed by atoms with Crippen LogP contribution in [-0.4, -0.2) is 40.8 Å². The van der Waals surface area contributed by atoms with Gasteiger partial charge in [0.2, 0.25) is 0 Å². The maximum absolute atomic E-state index is 9.52. The first-order chi connectivity index (χ1) is 10.1. The molecular weight excluding hydrogens is 284 g/mol. The van der Waals surface area contributed by atoms with Gasteiger partial charge >= 0.3 is 0 Å². The monoisotopic (exact) mass is 302 g/mol. The van der Waals surface area contributed by atoms with Gasteiger partial charge in [-0.2, -0.15) is 0 Å². The second kappa shape index (κ2) is 4.60. The molecule has 0 fully saturated rings. The number of aryl methyl sites for hydroxylation is 1. The van der Waals surface area contributed by atoms with Crippen LogP contribution in [0, 0.1) is 0 Å². The van der Waals surface area contributed by atoms with Gasteiger partial charge in [0, 0.05) is 36.5 Å². The van der Waals surface area contributed by atoms with Crippen molar-refractivity contribution in [1.82, 2.24) is 9.47 Å². The number of rotatable bonds is 1. The van der Waals surface area contributed by atoms with Gasteiger partial charge < -0.3 is 9.67 Å². The topological polar surface area (TPSA) is 28.4 Å². The van der Waals surface area contributed by atoms with E-state index in [-0.39, 0.29) is 6.61 Å². The summed E-state index contributed by atoms with van der Waals surface area (Å²) in [6.45, 7) is 0.985. The molecule has 2 unspecified atom stereocenters. The Bertz CT molecular complexity index is 762. The second-order valence-corrected chi connectivity index (χ2v) is 6.62. The zero-order chi connectivity index (χ0) is 14.7. The van der Waals surface area contributed by atoms with E-state index in [0.717, 1.165) is 23.7 Å². The summed E-state index contributed by atoms with van der Waals surface area (Å²) in [7, 11) is 4.17. The lowest BCUT2D eigenvalue weighted by molar-refractivity contribution is 0.208. The van der Waals surface area contributed by atoms with Crippen molar-refractivity contribution in [2.24, 2.45) is 7.05 Å². The normalized spacial score (nSPS) is 25.0. The van der Waals surface area contributed by atoms with E-state index in [1.165, 1.54) is 22.0 Å². The number of fused-ring (bicyclic) bond motifs is 2. The third kappa shape index (κ3) is 1.75. The van der Waals surface area contributed by atoms with Gasteiger partial charge in [-0.3, -0.25) is 4.90 Å². The number of nitrogens with zero attached hydrogens (tertiary/aromatic N) is 2. The van der Waals surface area contributed by atoms with Gasteiger partial charge in [0.25, 0.3) is 0 Å². The molecule has 2 heterocycles. The van der Waals surface area contributed by atoms with Gasteiger partial charge in [-0.15, -0.1) is 0 Å². The Morgan fingerprint density at radius 1 is 1.33 bits per heavy atom. The fourth-order valence-corrected chi connectivity index (χ4v) is 4.33. The minimum absolute atomic E-state index is 0.145. The number of hydrogen-bond acceptors (Lipinski definition) is 2. The van der Waals surface area contributed by atoms with E-state index in [9.17, 15) is 5.11 Å². The SMILES string of the molecule is CN1CC(CO)=CC2c3cccc4c3c(c(Cl)n4C)CC21. The lowest BCUT2D eigenvalue weighted by atomic mass is 9.77. The largest absolute Gasteiger partial charge is 0.392 e. The molecule has 3 nitrogen and oxygen atoms in total. The van der Waals surface area contributed by atoms with Crippen molar-refractivity contribution in [3.8, 4) is 0 Å². The highest BCUT2D eigenvalue weighted by Gasteiger charge is 2.37. The number of benzene rings is 1. The molecule has 0 bridgehead atoms. The average Bonchev–Trinajstić information content (AvgIpc) is 2.75. The summed E-state index contributed by atoms with van der Waals surface area (Å²) < 4.78 is 2.09. The molecule has 1 aromatic heterocycles. The van der Waals surface area contributed by atoms with Gasteiger partial charge in [0.05, 0.1) is 6.61 Å². The van der Waals surface area contributed by atoms with Crippen LogP contribution in [-0.2, 0) is 13.5 Å². The third-order valence-corrected chi connectivity index (χ3v) is 5.59. The molecule has 4 heteroatoms. The lowest BCUT2D eigenvalue weighted by Gasteiger charge is -2.41. The quantitative estimate of drug-likeness (QED) is 0.821. The van der Waals surface area contributed by atoms with Gasteiger partial charge in [-0.1, -0.05) is 29.8 Å². The highest BCUT2D eigenvalue weighted by Crippen LogP contribution is 2.44. The van der Waals surface area contributed by atoms with Crippen LogP contribution in [0.4, 0.5) is 0 Å². The summed E-state index contributed by atoms with van der Waals surface area (Å²) in [6, 6.07) is 6.89. The van der Waals surface area contributed by atoms with Gasteiger partial charge in [-0.25, -0.2) is 0 Å². The van der Waals surface area contributed by atoms with Crippen LogP contribution in [0.25, 0.3) is 10.9 Å². The van der Waals surface area contributed by atoms with Crippen molar-refractivity contribution in [2.45, 2.75) is 18.4 Å². The van der Waals surface area contributed by atoms with Crippen LogP contribution >= 0.6 is 11.6 Å². The molecule has 21 heavy (non-hydrogen) atoms. The molecule has 2 atom stereocenters. The van der Waals surface area contributed by atoms with Crippen LogP contribution < -0.4 is 0 Å². The molecular formula is C17H19ClN2O. The van der Waals surface area contributed by atoms with Gasteiger partial charge in [0.1, 0.15) is 5.15 Å². The van der Waals surface area contributed by atoms with E-state index in [4.69, 9.17) is 11.6 Å². The number of aliphatic hydroxyl groups excluding tert-OH is 1. The van der Waals surface area contributed by atoms with E-state index in [1.807, 2.05) is 7.05 Å². The van der Waals surface area contributed by atoms with Crippen molar-refractivity contribution in [3.63, 3.8) is 0 Å². The first kappa shape index (κ1) is 13.4. The number of aromatic nitrogens is 1. The molecule has 1 aliphatic carbocycles. The van der Waals surface area contributed by atoms with Crippen molar-refractivity contribution in [2.75, 3.05) is 20.2 Å². The predicted molar refractivity (Wildman–Crippen MR) is 86.0 cm³/mol. The molecule has 2 aromatic rings. The van der Waals surface area contributed by atoms with E-state index in [2.05, 4.69) is 40.8 Å². The highest BCUT2D eigenvalue weighted by atomic mass is 35.5. The van der Waals surface area contributed by atoms with E-state index in [1.54, 1.807) is 0 Å². The van der Waals surface area contributed by atoms with Gasteiger partial charge in [-0.05, 0) is 36.2 Å². The smallest absolute Gasteiger partial charge is 0.113 e. The minimum atomic E-state index is 0.145. The van der Waals surface area contributed by atoms with Crippen LogP contribution in [0.3, 0.4) is 0 Å². The zero-order valence-corrected chi connectivity index (χ0v) is 13.1. The summed E-state index contributed by atoms with van der Waals surface area (Å²) in [5.74, 6) is 0.348. The Balaban J connectivity index is 2.00. The molecule has 1 N–H and O–H groups in total. The van der Waals surface area contributed by atoms with Crippen molar-refractivity contribution in [1.29, 1.82) is 0 Å². The molecule has 0 radical (unpaired) electrons.